The average molecular weight is 404 g/mol. The van der Waals surface area contributed by atoms with Crippen molar-refractivity contribution in [3.63, 3.8) is 0 Å². The Morgan fingerprint density at radius 3 is 2.87 bits per heavy atom. The summed E-state index contributed by atoms with van der Waals surface area (Å²) >= 11 is 0. The Kier molecular flexibility index (Phi) is 4.25. The summed E-state index contributed by atoms with van der Waals surface area (Å²) < 4.78 is 4.56. The van der Waals surface area contributed by atoms with Crippen molar-refractivity contribution in [3.05, 3.63) is 41.9 Å². The smallest absolute Gasteiger partial charge is 0.274 e. The molecule has 1 aliphatic heterocycles. The van der Waals surface area contributed by atoms with Crippen LogP contribution in [0.5, 0.6) is 0 Å². The van der Waals surface area contributed by atoms with Crippen LogP contribution in [-0.4, -0.2) is 32.1 Å². The van der Waals surface area contributed by atoms with Crippen molar-refractivity contribution in [2.75, 3.05) is 12.8 Å². The zero-order valence-corrected chi connectivity index (χ0v) is 17.3. The summed E-state index contributed by atoms with van der Waals surface area (Å²) in [6.45, 7) is 5.19. The molecule has 3 N–H and O–H groups in total. The Bertz CT molecular complexity index is 1300. The molecule has 0 atom stereocenters. The number of nitrogens with zero attached hydrogens (tertiary/aromatic N) is 4. The summed E-state index contributed by atoms with van der Waals surface area (Å²) in [6, 6.07) is 8.13. The zero-order chi connectivity index (χ0) is 21.0. The minimum absolute atomic E-state index is 0.255. The zero-order valence-electron chi connectivity index (χ0n) is 17.3. The number of hydrogen-bond acceptors (Lipinski definition) is 5. The Morgan fingerprint density at radius 1 is 1.27 bits per heavy atom. The van der Waals surface area contributed by atoms with E-state index in [1.54, 1.807) is 0 Å². The highest BCUT2D eigenvalue weighted by Gasteiger charge is 2.28. The number of nitrogens with one attached hydrogen (secondary N) is 1. The van der Waals surface area contributed by atoms with Crippen molar-refractivity contribution in [2.45, 2.75) is 39.3 Å². The molecule has 0 saturated heterocycles. The van der Waals surface area contributed by atoms with Crippen LogP contribution in [0.2, 0.25) is 0 Å². The highest BCUT2D eigenvalue weighted by molar-refractivity contribution is 6.05. The van der Waals surface area contributed by atoms with Crippen LogP contribution in [-0.2, 0) is 17.8 Å². The van der Waals surface area contributed by atoms with Crippen LogP contribution in [0.4, 0.5) is 5.82 Å². The second-order valence-corrected chi connectivity index (χ2v) is 7.94. The normalized spacial score (nSPS) is 13.5. The third-order valence-electron chi connectivity index (χ3n) is 5.84. The van der Waals surface area contributed by atoms with Gasteiger partial charge in [-0.25, -0.2) is 15.4 Å². The molecule has 1 aliphatic rings. The van der Waals surface area contributed by atoms with Gasteiger partial charge in [-0.2, -0.15) is 0 Å². The Labute approximate surface area is 173 Å². The van der Waals surface area contributed by atoms with E-state index in [4.69, 9.17) is 10.6 Å². The number of nitrogens with two attached hydrogens (primary N) is 1. The van der Waals surface area contributed by atoms with E-state index in [0.29, 0.717) is 11.4 Å². The number of nitrogen functional groups attached to an aromatic ring is 1. The average Bonchev–Trinajstić information content (AvgIpc) is 3.18. The van der Waals surface area contributed by atoms with Crippen LogP contribution in [0, 0.1) is 0 Å². The monoisotopic (exact) mass is 404 g/mol. The van der Waals surface area contributed by atoms with Gasteiger partial charge < -0.3 is 14.9 Å². The SMILES string of the molecule is CONC(=O)c1ccc2cc3n(c2c1)CCCc1c-3c2c(N)ncnc2n1C(C)C. The van der Waals surface area contributed by atoms with Gasteiger partial charge in [0.25, 0.3) is 5.91 Å². The predicted octanol–water partition coefficient (Wildman–Crippen LogP) is 3.45. The highest BCUT2D eigenvalue weighted by atomic mass is 16.6. The third kappa shape index (κ3) is 2.60. The van der Waals surface area contributed by atoms with Gasteiger partial charge in [-0.15, -0.1) is 0 Å². The van der Waals surface area contributed by atoms with Gasteiger partial charge in [-0.1, -0.05) is 6.07 Å². The summed E-state index contributed by atoms with van der Waals surface area (Å²) in [5, 5.41) is 1.98. The molecule has 4 heterocycles. The molecule has 4 aromatic rings. The molecule has 0 unspecified atom stereocenters. The third-order valence-corrected chi connectivity index (χ3v) is 5.84. The molecule has 3 aromatic heterocycles. The van der Waals surface area contributed by atoms with Gasteiger partial charge in [0.15, 0.2) is 0 Å². The van der Waals surface area contributed by atoms with Crippen LogP contribution < -0.4 is 11.2 Å². The molecule has 0 radical (unpaired) electrons. The number of fused-ring (bicyclic) bond motifs is 7. The second-order valence-electron chi connectivity index (χ2n) is 7.94. The first kappa shape index (κ1) is 18.6. The quantitative estimate of drug-likeness (QED) is 0.510. The molecule has 0 fully saturated rings. The number of aryl methyl sites for hydroxylation is 1. The number of rotatable bonds is 3. The number of hydroxylamine groups is 1. The molecule has 154 valence electrons. The number of anilines is 1. The molecule has 0 aliphatic carbocycles. The van der Waals surface area contributed by atoms with Gasteiger partial charge in [0.05, 0.1) is 18.2 Å². The van der Waals surface area contributed by atoms with E-state index in [1.165, 1.54) is 19.1 Å². The lowest BCUT2D eigenvalue weighted by Gasteiger charge is -2.13. The van der Waals surface area contributed by atoms with Crippen molar-refractivity contribution in [3.8, 4) is 11.3 Å². The maximum atomic E-state index is 12.3. The van der Waals surface area contributed by atoms with Crippen LogP contribution in [0.15, 0.2) is 30.6 Å². The second kappa shape index (κ2) is 6.84. The fourth-order valence-corrected chi connectivity index (χ4v) is 4.68. The highest BCUT2D eigenvalue weighted by Crippen LogP contribution is 2.42. The number of amides is 1. The lowest BCUT2D eigenvalue weighted by atomic mass is 10.1. The maximum Gasteiger partial charge on any atom is 0.274 e. The fraction of sp³-hybridized carbons (Fsp3) is 0.318. The first-order valence-corrected chi connectivity index (χ1v) is 10.1. The molecule has 0 saturated carbocycles. The minimum Gasteiger partial charge on any atom is -0.383 e. The van der Waals surface area contributed by atoms with Crippen molar-refractivity contribution >= 4 is 33.7 Å². The minimum atomic E-state index is -0.265. The fourth-order valence-electron chi connectivity index (χ4n) is 4.68. The summed E-state index contributed by atoms with van der Waals surface area (Å²) in [5.41, 5.74) is 14.6. The van der Waals surface area contributed by atoms with Crippen LogP contribution in [0.1, 0.15) is 42.4 Å². The van der Waals surface area contributed by atoms with Crippen LogP contribution in [0.25, 0.3) is 33.2 Å². The van der Waals surface area contributed by atoms with E-state index in [1.807, 2.05) is 18.2 Å². The number of benzene rings is 1. The maximum absolute atomic E-state index is 12.3. The van der Waals surface area contributed by atoms with Gasteiger partial charge in [0.1, 0.15) is 17.8 Å². The van der Waals surface area contributed by atoms with Crippen LogP contribution >= 0.6 is 0 Å². The largest absolute Gasteiger partial charge is 0.383 e. The predicted molar refractivity (Wildman–Crippen MR) is 116 cm³/mol. The number of hydrogen-bond donors (Lipinski definition) is 2. The van der Waals surface area contributed by atoms with E-state index < -0.39 is 0 Å². The Balaban J connectivity index is 1.82. The topological polar surface area (TPSA) is 100.0 Å². The Hall–Kier alpha value is -3.39. The standard InChI is InChI=1S/C22H24N6O2/c1-12(2)28-15-5-4-8-27-16-10-14(22(29)26-30-3)7-6-13(16)9-17(27)18(15)19-20(23)24-11-25-21(19)28/h6-7,9-12H,4-5,8H2,1-3H3,(H,26,29)(H2,23,24,25). The molecule has 0 spiro atoms. The molecule has 5 rings (SSSR count). The van der Waals surface area contributed by atoms with Crippen molar-refractivity contribution in [2.24, 2.45) is 0 Å². The molecule has 1 aromatic carbocycles. The van der Waals surface area contributed by atoms with Gasteiger partial charge >= 0.3 is 0 Å². The molecule has 0 bridgehead atoms. The molecular formula is C22H24N6O2. The van der Waals surface area contributed by atoms with Crippen molar-refractivity contribution in [1.82, 2.24) is 24.6 Å². The molecule has 8 nitrogen and oxygen atoms in total. The van der Waals surface area contributed by atoms with Crippen LogP contribution in [0.3, 0.4) is 0 Å². The van der Waals surface area contributed by atoms with Gasteiger partial charge in [0.2, 0.25) is 0 Å². The number of carbonyl (C=O) groups excluding carboxylic acids is 1. The van der Waals surface area contributed by atoms with E-state index in [9.17, 15) is 4.79 Å². The number of carbonyl (C=O) groups is 1. The van der Waals surface area contributed by atoms with Crippen molar-refractivity contribution < 1.29 is 9.63 Å². The first-order chi connectivity index (χ1) is 14.5. The molecule has 8 heteroatoms. The van der Waals surface area contributed by atoms with E-state index in [-0.39, 0.29) is 11.9 Å². The molecule has 1 amide bonds. The molecule has 30 heavy (non-hydrogen) atoms. The van der Waals surface area contributed by atoms with E-state index in [0.717, 1.165) is 52.6 Å². The first-order valence-electron chi connectivity index (χ1n) is 10.1. The lowest BCUT2D eigenvalue weighted by Crippen LogP contribution is -2.21. The summed E-state index contributed by atoms with van der Waals surface area (Å²) in [7, 11) is 1.43. The molecular weight excluding hydrogens is 380 g/mol. The van der Waals surface area contributed by atoms with Gasteiger partial charge in [-0.3, -0.25) is 9.63 Å². The summed E-state index contributed by atoms with van der Waals surface area (Å²) in [4.78, 5) is 25.9. The van der Waals surface area contributed by atoms with Crippen molar-refractivity contribution in [1.29, 1.82) is 0 Å². The summed E-state index contributed by atoms with van der Waals surface area (Å²) in [6.07, 6.45) is 3.44. The lowest BCUT2D eigenvalue weighted by molar-refractivity contribution is 0.0538. The van der Waals surface area contributed by atoms with E-state index >= 15 is 0 Å². The number of aromatic nitrogens is 4. The summed E-state index contributed by atoms with van der Waals surface area (Å²) in [5.74, 6) is 0.229. The van der Waals surface area contributed by atoms with Gasteiger partial charge in [0, 0.05) is 40.3 Å². The van der Waals surface area contributed by atoms with Gasteiger partial charge in [-0.05, 0) is 44.9 Å². The Morgan fingerprint density at radius 2 is 2.10 bits per heavy atom. The van der Waals surface area contributed by atoms with E-state index in [2.05, 4.69) is 44.5 Å².